The minimum absolute atomic E-state index is 0.0172. The minimum atomic E-state index is -0.775. The molecular weight excluding hydrogens is 294 g/mol. The van der Waals surface area contributed by atoms with Gasteiger partial charge in [-0.3, -0.25) is 4.79 Å². The van der Waals surface area contributed by atoms with Crippen LogP contribution in [-0.2, 0) is 4.79 Å². The number of benzene rings is 1. The molecule has 1 atom stereocenters. The van der Waals surface area contributed by atoms with Gasteiger partial charge in [-0.2, -0.15) is 5.26 Å². The van der Waals surface area contributed by atoms with Gasteiger partial charge in [0, 0.05) is 5.69 Å². The second-order valence-corrected chi connectivity index (χ2v) is 6.23. The van der Waals surface area contributed by atoms with Crippen LogP contribution in [0.3, 0.4) is 0 Å². The van der Waals surface area contributed by atoms with Crippen molar-refractivity contribution in [1.29, 1.82) is 5.26 Å². The van der Waals surface area contributed by atoms with Crippen LogP contribution in [0.4, 0.5) is 5.69 Å². The molecule has 5 heteroatoms. The summed E-state index contributed by atoms with van der Waals surface area (Å²) in [6.07, 6.45) is 1.95. The molecule has 0 radical (unpaired) electrons. The molecule has 0 aliphatic carbocycles. The fourth-order valence-corrected chi connectivity index (χ4v) is 3.10. The van der Waals surface area contributed by atoms with E-state index in [0.717, 1.165) is 16.8 Å². The number of hydrogen-bond acceptors (Lipinski definition) is 4. The first-order chi connectivity index (χ1) is 10.3. The van der Waals surface area contributed by atoms with Gasteiger partial charge >= 0.3 is 0 Å². The van der Waals surface area contributed by atoms with Crippen molar-refractivity contribution in [2.24, 2.45) is 0 Å². The van der Waals surface area contributed by atoms with E-state index in [-0.39, 0.29) is 5.57 Å². The number of thiol groups is 1. The van der Waals surface area contributed by atoms with Crippen LogP contribution in [0, 0.1) is 18.3 Å². The third kappa shape index (κ3) is 2.88. The van der Waals surface area contributed by atoms with Crippen LogP contribution in [0.2, 0.25) is 0 Å². The summed E-state index contributed by atoms with van der Waals surface area (Å²) in [5.74, 6) is -0.407. The number of nitrogens with one attached hydrogen (secondary N) is 1. The number of carbonyl (C=O) groups excluding carboxylic acids is 1. The molecule has 0 saturated heterocycles. The van der Waals surface area contributed by atoms with Crippen molar-refractivity contribution in [3.63, 3.8) is 0 Å². The SMILES string of the molecule is CC(C)=CC1(C)NC(=O)C(C#N)=C(S)N1c1ccc(C)cc1. The van der Waals surface area contributed by atoms with Crippen LogP contribution >= 0.6 is 12.6 Å². The quantitative estimate of drug-likeness (QED) is 0.651. The number of aryl methyl sites for hydroxylation is 1. The zero-order valence-corrected chi connectivity index (χ0v) is 14.0. The Bertz CT molecular complexity index is 708. The smallest absolute Gasteiger partial charge is 0.266 e. The van der Waals surface area contributed by atoms with E-state index < -0.39 is 11.6 Å². The fraction of sp³-hybridized carbons (Fsp3) is 0.294. The first-order valence-electron chi connectivity index (χ1n) is 6.97. The van der Waals surface area contributed by atoms with Gasteiger partial charge in [-0.25, -0.2) is 0 Å². The Hall–Kier alpha value is -2.19. The normalized spacial score (nSPS) is 21.3. The summed E-state index contributed by atoms with van der Waals surface area (Å²) >= 11 is 4.46. The van der Waals surface area contributed by atoms with Gasteiger partial charge in [0.1, 0.15) is 17.3 Å². The highest BCUT2D eigenvalue weighted by Crippen LogP contribution is 2.35. The molecule has 1 N–H and O–H groups in total. The number of amides is 1. The van der Waals surface area contributed by atoms with Crippen molar-refractivity contribution in [3.05, 3.63) is 52.1 Å². The van der Waals surface area contributed by atoms with E-state index >= 15 is 0 Å². The van der Waals surface area contributed by atoms with Crippen LogP contribution in [-0.4, -0.2) is 11.6 Å². The third-order valence-corrected chi connectivity index (χ3v) is 3.89. The van der Waals surface area contributed by atoms with E-state index in [2.05, 4.69) is 17.9 Å². The highest BCUT2D eigenvalue weighted by molar-refractivity contribution is 7.84. The minimum Gasteiger partial charge on any atom is -0.325 e. The topological polar surface area (TPSA) is 56.1 Å². The third-order valence-electron chi connectivity index (χ3n) is 3.47. The van der Waals surface area contributed by atoms with E-state index in [4.69, 9.17) is 0 Å². The van der Waals surface area contributed by atoms with Gasteiger partial charge in [0.05, 0.1) is 5.03 Å². The average molecular weight is 313 g/mol. The Kier molecular flexibility index (Phi) is 4.34. The number of anilines is 1. The van der Waals surface area contributed by atoms with E-state index in [9.17, 15) is 10.1 Å². The number of nitrogens with zero attached hydrogens (tertiary/aromatic N) is 2. The maximum absolute atomic E-state index is 12.2. The molecular formula is C17H19N3OS. The van der Waals surface area contributed by atoms with Gasteiger partial charge in [-0.05, 0) is 45.9 Å². The molecule has 1 amide bonds. The monoisotopic (exact) mass is 313 g/mol. The van der Waals surface area contributed by atoms with Gasteiger partial charge in [-0.15, -0.1) is 12.6 Å². The molecule has 1 aromatic rings. The number of allylic oxidation sites excluding steroid dienone is 1. The second kappa shape index (κ2) is 5.90. The predicted octanol–water partition coefficient (Wildman–Crippen LogP) is 3.28. The maximum atomic E-state index is 12.2. The van der Waals surface area contributed by atoms with Crippen molar-refractivity contribution >= 4 is 24.2 Å². The Labute approximate surface area is 136 Å². The Morgan fingerprint density at radius 2 is 1.95 bits per heavy atom. The summed E-state index contributed by atoms with van der Waals surface area (Å²) < 4.78 is 0. The highest BCUT2D eigenvalue weighted by Gasteiger charge is 2.40. The molecule has 0 spiro atoms. The predicted molar refractivity (Wildman–Crippen MR) is 91.3 cm³/mol. The summed E-state index contributed by atoms with van der Waals surface area (Å²) in [6, 6.07) is 9.82. The van der Waals surface area contributed by atoms with E-state index in [1.165, 1.54) is 0 Å². The lowest BCUT2D eigenvalue weighted by Gasteiger charge is -2.44. The Morgan fingerprint density at radius 1 is 1.36 bits per heavy atom. The summed E-state index contributed by atoms with van der Waals surface area (Å²) in [5.41, 5.74) is 2.30. The van der Waals surface area contributed by atoms with Crippen LogP contribution < -0.4 is 10.2 Å². The molecule has 22 heavy (non-hydrogen) atoms. The lowest BCUT2D eigenvalue weighted by atomic mass is 10.0. The van der Waals surface area contributed by atoms with Crippen molar-refractivity contribution in [3.8, 4) is 6.07 Å². The van der Waals surface area contributed by atoms with Crippen molar-refractivity contribution in [2.75, 3.05) is 4.90 Å². The zero-order valence-electron chi connectivity index (χ0n) is 13.1. The standard InChI is InChI=1S/C17H19N3OS/c1-11(2)9-17(4)19-15(21)14(10-18)16(22)20(17)13-7-5-12(3)6-8-13/h5-9,22H,1-4H3,(H,19,21). The number of carbonyl (C=O) groups is 1. The van der Waals surface area contributed by atoms with Crippen molar-refractivity contribution in [2.45, 2.75) is 33.4 Å². The van der Waals surface area contributed by atoms with E-state index in [0.29, 0.717) is 5.03 Å². The number of nitriles is 1. The number of rotatable bonds is 2. The molecule has 1 aliphatic heterocycles. The molecule has 1 unspecified atom stereocenters. The van der Waals surface area contributed by atoms with Gasteiger partial charge in [0.2, 0.25) is 0 Å². The van der Waals surface area contributed by atoms with Gasteiger partial charge in [-0.1, -0.05) is 23.3 Å². The lowest BCUT2D eigenvalue weighted by molar-refractivity contribution is -0.118. The summed E-state index contributed by atoms with van der Waals surface area (Å²) in [7, 11) is 0. The molecule has 0 aromatic heterocycles. The van der Waals surface area contributed by atoms with E-state index in [1.54, 1.807) is 0 Å². The largest absolute Gasteiger partial charge is 0.325 e. The molecule has 0 saturated carbocycles. The summed E-state index contributed by atoms with van der Waals surface area (Å²) in [6.45, 7) is 7.83. The second-order valence-electron chi connectivity index (χ2n) is 5.80. The Balaban J connectivity index is 2.68. The van der Waals surface area contributed by atoms with Crippen LogP contribution in [0.5, 0.6) is 0 Å². The maximum Gasteiger partial charge on any atom is 0.266 e. The lowest BCUT2D eigenvalue weighted by Crippen LogP contribution is -2.60. The molecule has 1 heterocycles. The fourth-order valence-electron chi connectivity index (χ4n) is 2.63. The number of hydrogen-bond donors (Lipinski definition) is 2. The van der Waals surface area contributed by atoms with Crippen LogP contribution in [0.25, 0.3) is 0 Å². The zero-order chi connectivity index (χ0) is 16.5. The van der Waals surface area contributed by atoms with Crippen LogP contribution in [0.15, 0.2) is 46.5 Å². The van der Waals surface area contributed by atoms with Crippen molar-refractivity contribution in [1.82, 2.24) is 5.32 Å². The molecule has 0 fully saturated rings. The molecule has 2 rings (SSSR count). The summed E-state index contributed by atoms with van der Waals surface area (Å²) in [4.78, 5) is 14.0. The van der Waals surface area contributed by atoms with E-state index in [1.807, 2.05) is 69.0 Å². The van der Waals surface area contributed by atoms with Crippen molar-refractivity contribution < 1.29 is 4.79 Å². The first-order valence-corrected chi connectivity index (χ1v) is 7.42. The van der Waals surface area contributed by atoms with Gasteiger partial charge in [0.25, 0.3) is 5.91 Å². The Morgan fingerprint density at radius 3 is 2.45 bits per heavy atom. The first kappa shape index (κ1) is 16.2. The van der Waals surface area contributed by atoms with Gasteiger partial charge < -0.3 is 10.2 Å². The average Bonchev–Trinajstić information content (AvgIpc) is 2.39. The van der Waals surface area contributed by atoms with Crippen LogP contribution in [0.1, 0.15) is 26.3 Å². The summed E-state index contributed by atoms with van der Waals surface area (Å²) in [5, 5.41) is 12.5. The highest BCUT2D eigenvalue weighted by atomic mass is 32.1. The van der Waals surface area contributed by atoms with Gasteiger partial charge in [0.15, 0.2) is 0 Å². The molecule has 1 aromatic carbocycles. The molecule has 0 bridgehead atoms. The molecule has 114 valence electrons. The molecule has 1 aliphatic rings. The molecule has 4 nitrogen and oxygen atoms in total.